The normalized spacial score (nSPS) is 11.2. The Morgan fingerprint density at radius 3 is 2.50 bits per heavy atom. The van der Waals surface area contributed by atoms with Crippen LogP contribution in [0.15, 0.2) is 46.9 Å². The fraction of sp³-hybridized carbons (Fsp3) is 0.353. The maximum atomic E-state index is 12.1. The van der Waals surface area contributed by atoms with Crippen molar-refractivity contribution < 1.29 is 13.9 Å². The lowest BCUT2D eigenvalue weighted by atomic mass is 9.94. The summed E-state index contributed by atoms with van der Waals surface area (Å²) in [6.45, 7) is 4.43. The lowest BCUT2D eigenvalue weighted by Crippen LogP contribution is -2.49. The first kappa shape index (κ1) is 16.1. The summed E-state index contributed by atoms with van der Waals surface area (Å²) >= 11 is 0. The summed E-state index contributed by atoms with van der Waals surface area (Å²) in [5.41, 5.74) is 5.78. The second-order valence-corrected chi connectivity index (χ2v) is 5.29. The number of hydrogen-bond acceptors (Lipinski definition) is 4. The van der Waals surface area contributed by atoms with Gasteiger partial charge in [0.05, 0.1) is 0 Å². The predicted octanol–water partition coefficient (Wildman–Crippen LogP) is 3.32. The molecule has 0 atom stereocenters. The van der Waals surface area contributed by atoms with Crippen molar-refractivity contribution in [1.82, 2.24) is 5.32 Å². The van der Waals surface area contributed by atoms with Gasteiger partial charge in [0.25, 0.3) is 11.9 Å². The number of nitrogens with one attached hydrogen (secondary N) is 1. The Balaban J connectivity index is 1.95. The van der Waals surface area contributed by atoms with Gasteiger partial charge in [-0.05, 0) is 31.0 Å². The molecule has 2 aromatic rings. The van der Waals surface area contributed by atoms with Crippen molar-refractivity contribution >= 4 is 5.91 Å². The lowest BCUT2D eigenvalue weighted by molar-refractivity contribution is 0.0909. The van der Waals surface area contributed by atoms with Gasteiger partial charge in [0.1, 0.15) is 5.75 Å². The average molecular weight is 302 g/mol. The highest BCUT2D eigenvalue weighted by Crippen LogP contribution is 2.23. The van der Waals surface area contributed by atoms with Crippen molar-refractivity contribution in [3.8, 4) is 11.7 Å². The minimum atomic E-state index is -0.383. The smallest absolute Gasteiger partial charge is 0.290 e. The number of benzene rings is 1. The van der Waals surface area contributed by atoms with Gasteiger partial charge in [-0.25, -0.2) is 0 Å². The van der Waals surface area contributed by atoms with Crippen LogP contribution in [0.2, 0.25) is 0 Å². The van der Waals surface area contributed by atoms with Crippen molar-refractivity contribution in [2.45, 2.75) is 32.2 Å². The summed E-state index contributed by atoms with van der Waals surface area (Å²) in [5.74, 6) is 0.850. The van der Waals surface area contributed by atoms with E-state index >= 15 is 0 Å². The number of nitrogens with two attached hydrogens (primary N) is 1. The number of amides is 1. The molecule has 3 N–H and O–H groups in total. The quantitative estimate of drug-likeness (QED) is 0.822. The molecule has 22 heavy (non-hydrogen) atoms. The van der Waals surface area contributed by atoms with Crippen molar-refractivity contribution in [2.75, 3.05) is 6.54 Å². The maximum Gasteiger partial charge on any atom is 0.290 e. The molecule has 0 unspecified atom stereocenters. The van der Waals surface area contributed by atoms with Crippen molar-refractivity contribution in [1.29, 1.82) is 0 Å². The van der Waals surface area contributed by atoms with Gasteiger partial charge in [-0.3, -0.25) is 4.79 Å². The molecule has 2 rings (SSSR count). The van der Waals surface area contributed by atoms with Gasteiger partial charge in [0.15, 0.2) is 5.76 Å². The molecule has 1 aromatic carbocycles. The van der Waals surface area contributed by atoms with Gasteiger partial charge in [-0.1, -0.05) is 32.0 Å². The fourth-order valence-corrected chi connectivity index (χ4v) is 1.95. The Hall–Kier alpha value is -2.27. The van der Waals surface area contributed by atoms with Crippen LogP contribution < -0.4 is 15.8 Å². The van der Waals surface area contributed by atoms with Crippen molar-refractivity contribution in [3.05, 3.63) is 48.2 Å². The first-order valence-electron chi connectivity index (χ1n) is 7.46. The third-order valence-electron chi connectivity index (χ3n) is 3.78. The largest absolute Gasteiger partial charge is 0.426 e. The SMILES string of the molecule is CCC(N)(CC)CNC(=O)c1ccc(Oc2ccccc2)o1. The van der Waals surface area contributed by atoms with Crippen LogP contribution in [0.4, 0.5) is 0 Å². The molecule has 0 aliphatic heterocycles. The zero-order valence-electron chi connectivity index (χ0n) is 13.0. The number of hydrogen-bond donors (Lipinski definition) is 2. The standard InChI is InChI=1S/C17H22N2O3/c1-3-17(18,4-2)12-19-16(20)14-10-11-15(22-14)21-13-8-6-5-7-9-13/h5-11H,3-4,12,18H2,1-2H3,(H,19,20). The van der Waals surface area contributed by atoms with Crippen molar-refractivity contribution in [2.24, 2.45) is 5.73 Å². The molecule has 5 heteroatoms. The molecular weight excluding hydrogens is 280 g/mol. The number of furan rings is 1. The summed E-state index contributed by atoms with van der Waals surface area (Å²) in [5, 5.41) is 2.81. The highest BCUT2D eigenvalue weighted by molar-refractivity contribution is 5.91. The van der Waals surface area contributed by atoms with Gasteiger partial charge >= 0.3 is 0 Å². The van der Waals surface area contributed by atoms with Crippen LogP contribution in [-0.2, 0) is 0 Å². The van der Waals surface area contributed by atoms with E-state index in [1.54, 1.807) is 12.1 Å². The van der Waals surface area contributed by atoms with E-state index in [9.17, 15) is 4.79 Å². The molecule has 0 saturated carbocycles. The highest BCUT2D eigenvalue weighted by Gasteiger charge is 2.22. The van der Waals surface area contributed by atoms with E-state index in [2.05, 4.69) is 5.32 Å². The van der Waals surface area contributed by atoms with E-state index in [0.717, 1.165) is 12.8 Å². The number of ether oxygens (including phenoxy) is 1. The Labute approximate surface area is 130 Å². The summed E-state index contributed by atoms with van der Waals surface area (Å²) < 4.78 is 10.9. The number of para-hydroxylation sites is 1. The zero-order chi connectivity index (χ0) is 16.0. The minimum Gasteiger partial charge on any atom is -0.426 e. The average Bonchev–Trinajstić information content (AvgIpc) is 3.02. The zero-order valence-corrected chi connectivity index (χ0v) is 13.0. The highest BCUT2D eigenvalue weighted by atomic mass is 16.6. The predicted molar refractivity (Wildman–Crippen MR) is 85.1 cm³/mol. The molecule has 0 saturated heterocycles. The monoisotopic (exact) mass is 302 g/mol. The molecule has 0 aliphatic rings. The second kappa shape index (κ2) is 7.13. The van der Waals surface area contributed by atoms with E-state index in [1.165, 1.54) is 0 Å². The molecule has 118 valence electrons. The van der Waals surface area contributed by atoms with Crippen LogP contribution in [-0.4, -0.2) is 18.0 Å². The molecule has 1 heterocycles. The van der Waals surface area contributed by atoms with Crippen LogP contribution >= 0.6 is 0 Å². The third kappa shape index (κ3) is 4.11. The second-order valence-electron chi connectivity index (χ2n) is 5.29. The Kier molecular flexibility index (Phi) is 5.22. The Morgan fingerprint density at radius 1 is 1.18 bits per heavy atom. The lowest BCUT2D eigenvalue weighted by Gasteiger charge is -2.26. The van der Waals surface area contributed by atoms with Crippen molar-refractivity contribution in [3.63, 3.8) is 0 Å². The van der Waals surface area contributed by atoms with Crippen LogP contribution in [0, 0.1) is 0 Å². The van der Waals surface area contributed by atoms with Crippen LogP contribution in [0.25, 0.3) is 0 Å². The van der Waals surface area contributed by atoms with Crippen LogP contribution in [0.1, 0.15) is 37.2 Å². The molecule has 1 aromatic heterocycles. The van der Waals surface area contributed by atoms with E-state index < -0.39 is 0 Å². The summed E-state index contributed by atoms with van der Waals surface area (Å²) in [7, 11) is 0. The fourth-order valence-electron chi connectivity index (χ4n) is 1.95. The summed E-state index contributed by atoms with van der Waals surface area (Å²) in [6.07, 6.45) is 1.59. The number of carbonyl (C=O) groups is 1. The van der Waals surface area contributed by atoms with Gasteiger partial charge in [-0.2, -0.15) is 0 Å². The first-order valence-corrected chi connectivity index (χ1v) is 7.46. The molecule has 0 radical (unpaired) electrons. The maximum absolute atomic E-state index is 12.1. The van der Waals surface area contributed by atoms with E-state index in [1.807, 2.05) is 44.2 Å². The molecule has 0 spiro atoms. The van der Waals surface area contributed by atoms with Crippen LogP contribution in [0.5, 0.6) is 11.7 Å². The molecule has 0 bridgehead atoms. The van der Waals surface area contributed by atoms with Gasteiger partial charge < -0.3 is 20.2 Å². The molecular formula is C17H22N2O3. The molecule has 5 nitrogen and oxygen atoms in total. The number of carbonyl (C=O) groups excluding carboxylic acids is 1. The number of rotatable bonds is 7. The summed E-state index contributed by atoms with van der Waals surface area (Å²) in [6, 6.07) is 12.5. The Morgan fingerprint density at radius 2 is 1.86 bits per heavy atom. The summed E-state index contributed by atoms with van der Waals surface area (Å²) in [4.78, 5) is 12.1. The van der Waals surface area contributed by atoms with Crippen LogP contribution in [0.3, 0.4) is 0 Å². The van der Waals surface area contributed by atoms with E-state index in [4.69, 9.17) is 14.9 Å². The first-order chi connectivity index (χ1) is 10.6. The van der Waals surface area contributed by atoms with Gasteiger partial charge in [0.2, 0.25) is 0 Å². The third-order valence-corrected chi connectivity index (χ3v) is 3.78. The topological polar surface area (TPSA) is 77.5 Å². The van der Waals surface area contributed by atoms with E-state index in [-0.39, 0.29) is 23.2 Å². The van der Waals surface area contributed by atoms with E-state index in [0.29, 0.717) is 12.3 Å². The van der Waals surface area contributed by atoms with Gasteiger partial charge in [0, 0.05) is 18.2 Å². The molecule has 1 amide bonds. The molecule has 0 fully saturated rings. The van der Waals surface area contributed by atoms with Gasteiger partial charge in [-0.15, -0.1) is 0 Å². The minimum absolute atomic E-state index is 0.209. The molecule has 0 aliphatic carbocycles. The Bertz CT molecular complexity index is 603.